The van der Waals surface area contributed by atoms with Crippen LogP contribution in [0.3, 0.4) is 0 Å². The highest BCUT2D eigenvalue weighted by molar-refractivity contribution is 5.90. The molecule has 6 nitrogen and oxygen atoms in total. The maximum absolute atomic E-state index is 5.90. The number of para-hydroxylation sites is 1. The van der Waals surface area contributed by atoms with E-state index in [1.54, 1.807) is 0 Å². The van der Waals surface area contributed by atoms with E-state index in [1.165, 1.54) is 5.69 Å². The van der Waals surface area contributed by atoms with Crippen LogP contribution >= 0.6 is 0 Å². The van der Waals surface area contributed by atoms with Gasteiger partial charge in [0.2, 0.25) is 5.95 Å². The fourth-order valence-electron chi connectivity index (χ4n) is 3.24. The average molecular weight is 294 g/mol. The number of nitrogens with two attached hydrogens (primary N) is 1. The summed E-state index contributed by atoms with van der Waals surface area (Å²) >= 11 is 0. The maximum atomic E-state index is 5.90. The van der Waals surface area contributed by atoms with Crippen molar-refractivity contribution in [3.05, 3.63) is 42.2 Å². The van der Waals surface area contributed by atoms with Crippen LogP contribution in [-0.2, 0) is 0 Å². The molecule has 0 radical (unpaired) electrons. The lowest BCUT2D eigenvalue weighted by molar-refractivity contribution is 0.499. The van der Waals surface area contributed by atoms with Crippen molar-refractivity contribution in [2.24, 2.45) is 0 Å². The second-order valence-corrected chi connectivity index (χ2v) is 5.72. The number of hydrogen-bond acceptors (Lipinski definition) is 5. The molecule has 3 heterocycles. The fourth-order valence-corrected chi connectivity index (χ4v) is 3.24. The van der Waals surface area contributed by atoms with Gasteiger partial charge >= 0.3 is 0 Å². The normalized spacial score (nSPS) is 18.7. The molecule has 1 aliphatic rings. The minimum absolute atomic E-state index is 0.331. The van der Waals surface area contributed by atoms with Crippen LogP contribution in [-0.4, -0.2) is 33.3 Å². The summed E-state index contributed by atoms with van der Waals surface area (Å²) < 4.78 is 0. The van der Waals surface area contributed by atoms with Gasteiger partial charge in [0.1, 0.15) is 5.82 Å². The quantitative estimate of drug-likeness (QED) is 0.758. The van der Waals surface area contributed by atoms with Gasteiger partial charge in [-0.1, -0.05) is 12.1 Å². The zero-order chi connectivity index (χ0) is 14.9. The number of nitrogen functional groups attached to an aromatic ring is 1. The highest BCUT2D eigenvalue weighted by Gasteiger charge is 2.24. The third kappa shape index (κ3) is 2.26. The van der Waals surface area contributed by atoms with E-state index in [-0.39, 0.29) is 0 Å². The van der Waals surface area contributed by atoms with Crippen LogP contribution in [0.25, 0.3) is 10.9 Å². The summed E-state index contributed by atoms with van der Waals surface area (Å²) in [5.74, 6) is 1.72. The number of rotatable bonds is 2. The zero-order valence-electron chi connectivity index (χ0n) is 12.2. The topological polar surface area (TPSA) is 83.7 Å². The van der Waals surface area contributed by atoms with Crippen LogP contribution in [0.4, 0.5) is 11.8 Å². The van der Waals surface area contributed by atoms with E-state index in [0.29, 0.717) is 11.9 Å². The molecule has 1 unspecified atom stereocenters. The first-order valence-corrected chi connectivity index (χ1v) is 7.58. The van der Waals surface area contributed by atoms with Crippen LogP contribution in [0.5, 0.6) is 0 Å². The number of aromatic amines is 1. The molecule has 22 heavy (non-hydrogen) atoms. The Hall–Kier alpha value is -2.63. The molecule has 0 bridgehead atoms. The number of hydrogen-bond donors (Lipinski definition) is 2. The summed E-state index contributed by atoms with van der Waals surface area (Å²) in [5, 5.41) is 8.22. The Bertz CT molecular complexity index is 782. The van der Waals surface area contributed by atoms with Crippen molar-refractivity contribution in [3.8, 4) is 0 Å². The average Bonchev–Trinajstić information content (AvgIpc) is 3.09. The molecule has 1 aromatic carbocycles. The molecular weight excluding hydrogens is 276 g/mol. The van der Waals surface area contributed by atoms with Gasteiger partial charge in [-0.25, -0.2) is 4.98 Å². The first-order valence-electron chi connectivity index (χ1n) is 7.58. The zero-order valence-corrected chi connectivity index (χ0v) is 12.2. The van der Waals surface area contributed by atoms with Crippen LogP contribution in [0, 0.1) is 0 Å². The number of nitrogens with zero attached hydrogens (tertiary/aromatic N) is 4. The lowest BCUT2D eigenvalue weighted by Crippen LogP contribution is -2.35. The monoisotopic (exact) mass is 294 g/mol. The van der Waals surface area contributed by atoms with Gasteiger partial charge in [-0.3, -0.25) is 5.10 Å². The van der Waals surface area contributed by atoms with E-state index >= 15 is 0 Å². The van der Waals surface area contributed by atoms with Gasteiger partial charge < -0.3 is 10.6 Å². The minimum atomic E-state index is 0.331. The Morgan fingerprint density at radius 1 is 1.18 bits per heavy atom. The molecule has 1 fully saturated rings. The molecule has 3 aromatic rings. The Kier molecular flexibility index (Phi) is 3.14. The number of piperidine rings is 1. The number of aromatic nitrogens is 4. The van der Waals surface area contributed by atoms with E-state index in [0.717, 1.165) is 42.7 Å². The predicted molar refractivity (Wildman–Crippen MR) is 86.7 cm³/mol. The van der Waals surface area contributed by atoms with Gasteiger partial charge in [0, 0.05) is 36.3 Å². The minimum Gasteiger partial charge on any atom is -0.368 e. The van der Waals surface area contributed by atoms with E-state index in [4.69, 9.17) is 5.73 Å². The number of nitrogens with one attached hydrogen (secondary N) is 1. The summed E-state index contributed by atoms with van der Waals surface area (Å²) in [6, 6.07) is 10.1. The molecule has 0 amide bonds. The van der Waals surface area contributed by atoms with Crippen LogP contribution in [0.15, 0.2) is 36.5 Å². The van der Waals surface area contributed by atoms with Crippen molar-refractivity contribution in [3.63, 3.8) is 0 Å². The summed E-state index contributed by atoms with van der Waals surface area (Å²) in [4.78, 5) is 11.1. The lowest BCUT2D eigenvalue weighted by Gasteiger charge is -2.33. The van der Waals surface area contributed by atoms with Crippen molar-refractivity contribution in [1.82, 2.24) is 20.2 Å². The number of anilines is 2. The molecule has 0 saturated carbocycles. The largest absolute Gasteiger partial charge is 0.368 e. The predicted octanol–water partition coefficient (Wildman–Crippen LogP) is 2.32. The summed E-state index contributed by atoms with van der Waals surface area (Å²) in [5.41, 5.74) is 7.98. The first kappa shape index (κ1) is 13.1. The van der Waals surface area contributed by atoms with Gasteiger partial charge in [0.15, 0.2) is 0 Å². The van der Waals surface area contributed by atoms with Crippen LogP contribution in [0.2, 0.25) is 0 Å². The van der Waals surface area contributed by atoms with Crippen molar-refractivity contribution in [1.29, 1.82) is 0 Å². The Balaban J connectivity index is 1.72. The molecule has 1 atom stereocenters. The Morgan fingerprint density at radius 3 is 2.95 bits per heavy atom. The van der Waals surface area contributed by atoms with E-state index in [1.807, 2.05) is 24.4 Å². The van der Waals surface area contributed by atoms with Gasteiger partial charge in [-0.05, 0) is 31.0 Å². The van der Waals surface area contributed by atoms with Crippen molar-refractivity contribution in [2.75, 3.05) is 23.7 Å². The Morgan fingerprint density at radius 2 is 2.09 bits per heavy atom. The molecule has 2 aromatic heterocycles. The van der Waals surface area contributed by atoms with Gasteiger partial charge in [0.25, 0.3) is 0 Å². The lowest BCUT2D eigenvalue weighted by atomic mass is 9.95. The second kappa shape index (κ2) is 5.29. The third-order valence-corrected chi connectivity index (χ3v) is 4.28. The molecule has 6 heteroatoms. The van der Waals surface area contributed by atoms with E-state index in [2.05, 4.69) is 37.2 Å². The van der Waals surface area contributed by atoms with Gasteiger partial charge in [0.05, 0.1) is 5.52 Å². The maximum Gasteiger partial charge on any atom is 0.222 e. The van der Waals surface area contributed by atoms with E-state index < -0.39 is 0 Å². The molecule has 3 N–H and O–H groups in total. The third-order valence-electron chi connectivity index (χ3n) is 4.28. The molecule has 1 saturated heterocycles. The van der Waals surface area contributed by atoms with Crippen LogP contribution < -0.4 is 10.6 Å². The molecular formula is C16H18N6. The Labute approximate surface area is 128 Å². The molecule has 112 valence electrons. The van der Waals surface area contributed by atoms with Crippen LogP contribution in [0.1, 0.15) is 24.5 Å². The highest BCUT2D eigenvalue weighted by Crippen LogP contribution is 2.31. The SMILES string of the molecule is Nc1nc(N2CCCC(c3ccn[nH]3)C2)c2ccccc2n1. The first-order chi connectivity index (χ1) is 10.8. The number of fused-ring (bicyclic) bond motifs is 1. The molecule has 4 rings (SSSR count). The number of benzene rings is 1. The van der Waals surface area contributed by atoms with Gasteiger partial charge in [-0.15, -0.1) is 0 Å². The standard InChI is InChI=1S/C16H18N6/c17-16-19-14-6-2-1-5-12(14)15(20-16)22-9-3-4-11(10-22)13-7-8-18-21-13/h1-2,5-8,11H,3-4,9-10H2,(H,18,21)(H2,17,19,20). The van der Waals surface area contributed by atoms with Gasteiger partial charge in [-0.2, -0.15) is 10.1 Å². The van der Waals surface area contributed by atoms with E-state index in [9.17, 15) is 0 Å². The van der Waals surface area contributed by atoms with Crippen molar-refractivity contribution < 1.29 is 0 Å². The molecule has 0 spiro atoms. The summed E-state index contributed by atoms with van der Waals surface area (Å²) in [6.45, 7) is 1.91. The van der Waals surface area contributed by atoms with Crippen molar-refractivity contribution in [2.45, 2.75) is 18.8 Å². The highest BCUT2D eigenvalue weighted by atomic mass is 15.2. The fraction of sp³-hybridized carbons (Fsp3) is 0.312. The smallest absolute Gasteiger partial charge is 0.222 e. The number of H-pyrrole nitrogens is 1. The molecule has 0 aliphatic carbocycles. The van der Waals surface area contributed by atoms with Crippen molar-refractivity contribution >= 4 is 22.7 Å². The summed E-state index contributed by atoms with van der Waals surface area (Å²) in [6.07, 6.45) is 4.10. The second-order valence-electron chi connectivity index (χ2n) is 5.72. The summed E-state index contributed by atoms with van der Waals surface area (Å²) in [7, 11) is 0. The molecule has 1 aliphatic heterocycles.